The topological polar surface area (TPSA) is 69.6 Å². The number of hydrogen-bond acceptors (Lipinski definition) is 5. The molecule has 0 radical (unpaired) electrons. The lowest BCUT2D eigenvalue weighted by Gasteiger charge is -2.37. The predicted octanol–water partition coefficient (Wildman–Crippen LogP) is -0.782. The summed E-state index contributed by atoms with van der Waals surface area (Å²) in [6, 6.07) is 0.241. The summed E-state index contributed by atoms with van der Waals surface area (Å²) >= 11 is 0. The molecule has 2 saturated heterocycles. The molecule has 0 spiro atoms. The van der Waals surface area contributed by atoms with Crippen molar-refractivity contribution in [2.75, 3.05) is 31.1 Å². The van der Waals surface area contributed by atoms with E-state index in [2.05, 4.69) is 17.1 Å². The largest absolute Gasteiger partial charge is 0.390 e. The summed E-state index contributed by atoms with van der Waals surface area (Å²) in [4.78, 5) is 2.14. The first-order valence-corrected chi connectivity index (χ1v) is 8.20. The van der Waals surface area contributed by atoms with Crippen molar-refractivity contribution in [1.29, 1.82) is 0 Å². The third-order valence-electron chi connectivity index (χ3n) is 3.71. The number of likely N-dealkylation sites (tertiary alicyclic amines) is 1. The molecule has 100 valence electrons. The minimum Gasteiger partial charge on any atom is -0.390 e. The van der Waals surface area contributed by atoms with Crippen LogP contribution >= 0.6 is 0 Å². The monoisotopic (exact) mass is 262 g/mol. The maximum Gasteiger partial charge on any atom is 0.154 e. The first-order valence-electron chi connectivity index (χ1n) is 6.38. The first kappa shape index (κ1) is 13.3. The number of sulfone groups is 1. The maximum atomic E-state index is 11.5. The molecule has 0 aromatic carbocycles. The van der Waals surface area contributed by atoms with Crippen LogP contribution in [-0.4, -0.2) is 67.8 Å². The number of aliphatic hydroxyl groups excluding tert-OH is 1. The lowest BCUT2D eigenvalue weighted by molar-refractivity contribution is 0.0608. The molecule has 0 saturated carbocycles. The Bertz CT molecular complexity index is 356. The van der Waals surface area contributed by atoms with Gasteiger partial charge < -0.3 is 10.4 Å². The number of nitrogens with zero attached hydrogens (tertiary/aromatic N) is 1. The fourth-order valence-corrected chi connectivity index (χ4v) is 4.75. The van der Waals surface area contributed by atoms with Crippen molar-refractivity contribution in [3.8, 4) is 0 Å². The van der Waals surface area contributed by atoms with Crippen molar-refractivity contribution < 1.29 is 13.5 Å². The van der Waals surface area contributed by atoms with Gasteiger partial charge in [-0.2, -0.15) is 0 Å². The standard InChI is InChI=1S/C11H22N2O3S/c1-2-12-9-4-3-5-13(6-9)10-7-17(15,16)8-11(10)14/h9-12,14H,2-8H2,1H3. The van der Waals surface area contributed by atoms with E-state index in [0.717, 1.165) is 32.5 Å². The van der Waals surface area contributed by atoms with E-state index in [9.17, 15) is 13.5 Å². The number of nitrogens with one attached hydrogen (secondary N) is 1. The predicted molar refractivity (Wildman–Crippen MR) is 66.7 cm³/mol. The molecule has 2 aliphatic rings. The van der Waals surface area contributed by atoms with Crippen LogP contribution in [0.5, 0.6) is 0 Å². The lowest BCUT2D eigenvalue weighted by Crippen LogP contribution is -2.52. The minimum absolute atomic E-state index is 0.0694. The normalized spacial score (nSPS) is 38.4. The van der Waals surface area contributed by atoms with Crippen molar-refractivity contribution in [1.82, 2.24) is 10.2 Å². The summed E-state index contributed by atoms with van der Waals surface area (Å²) in [5, 5.41) is 13.3. The second-order valence-corrected chi connectivity index (χ2v) is 7.26. The second kappa shape index (κ2) is 5.22. The van der Waals surface area contributed by atoms with E-state index in [4.69, 9.17) is 0 Å². The van der Waals surface area contributed by atoms with Gasteiger partial charge in [-0.1, -0.05) is 6.92 Å². The SMILES string of the molecule is CCNC1CCCN(C2CS(=O)(=O)CC2O)C1. The van der Waals surface area contributed by atoms with Gasteiger partial charge in [0.2, 0.25) is 0 Å². The third-order valence-corrected chi connectivity index (χ3v) is 5.41. The summed E-state index contributed by atoms with van der Waals surface area (Å²) in [7, 11) is -3.04. The number of likely N-dealkylation sites (N-methyl/N-ethyl adjacent to an activating group) is 1. The second-order valence-electron chi connectivity index (χ2n) is 5.10. The Hall–Kier alpha value is -0.170. The Kier molecular flexibility index (Phi) is 4.07. The fourth-order valence-electron chi connectivity index (χ4n) is 2.92. The smallest absolute Gasteiger partial charge is 0.154 e. The molecule has 2 N–H and O–H groups in total. The molecule has 2 aliphatic heterocycles. The van der Waals surface area contributed by atoms with Crippen LogP contribution in [0.25, 0.3) is 0 Å². The van der Waals surface area contributed by atoms with Gasteiger partial charge in [-0.3, -0.25) is 4.90 Å². The van der Waals surface area contributed by atoms with Gasteiger partial charge in [-0.05, 0) is 25.9 Å². The molecule has 0 aromatic heterocycles. The van der Waals surface area contributed by atoms with Gasteiger partial charge >= 0.3 is 0 Å². The highest BCUT2D eigenvalue weighted by atomic mass is 32.2. The van der Waals surface area contributed by atoms with Crippen molar-refractivity contribution in [3.63, 3.8) is 0 Å². The van der Waals surface area contributed by atoms with Crippen molar-refractivity contribution >= 4 is 9.84 Å². The molecule has 0 aromatic rings. The van der Waals surface area contributed by atoms with Crippen LogP contribution in [0.15, 0.2) is 0 Å². The Morgan fingerprint density at radius 3 is 2.76 bits per heavy atom. The molecular formula is C11H22N2O3S. The number of aliphatic hydroxyl groups is 1. The van der Waals surface area contributed by atoms with Crippen molar-refractivity contribution in [3.05, 3.63) is 0 Å². The summed E-state index contributed by atoms with van der Waals surface area (Å²) in [5.41, 5.74) is 0. The highest BCUT2D eigenvalue weighted by Gasteiger charge is 2.41. The summed E-state index contributed by atoms with van der Waals surface area (Å²) in [5.74, 6) is 0.0487. The highest BCUT2D eigenvalue weighted by molar-refractivity contribution is 7.91. The van der Waals surface area contributed by atoms with E-state index >= 15 is 0 Å². The summed E-state index contributed by atoms with van der Waals surface area (Å²) in [6.45, 7) is 4.77. The van der Waals surface area contributed by atoms with Crippen LogP contribution in [0.2, 0.25) is 0 Å². The van der Waals surface area contributed by atoms with Crippen LogP contribution in [0.4, 0.5) is 0 Å². The molecule has 0 bridgehead atoms. The molecule has 0 amide bonds. The van der Waals surface area contributed by atoms with E-state index in [1.54, 1.807) is 0 Å². The molecule has 2 fully saturated rings. The zero-order valence-electron chi connectivity index (χ0n) is 10.3. The Morgan fingerprint density at radius 2 is 2.18 bits per heavy atom. The van der Waals surface area contributed by atoms with Gasteiger partial charge in [-0.25, -0.2) is 8.42 Å². The van der Waals surface area contributed by atoms with E-state index in [1.807, 2.05) is 0 Å². The van der Waals surface area contributed by atoms with E-state index in [-0.39, 0.29) is 17.5 Å². The number of piperidine rings is 1. The summed E-state index contributed by atoms with van der Waals surface area (Å²) in [6.07, 6.45) is 1.50. The van der Waals surface area contributed by atoms with Crippen molar-refractivity contribution in [2.45, 2.75) is 38.0 Å². The maximum absolute atomic E-state index is 11.5. The average molecular weight is 262 g/mol. The van der Waals surface area contributed by atoms with Gasteiger partial charge in [0, 0.05) is 12.6 Å². The zero-order valence-corrected chi connectivity index (χ0v) is 11.1. The molecule has 6 heteroatoms. The molecule has 17 heavy (non-hydrogen) atoms. The molecule has 5 nitrogen and oxygen atoms in total. The van der Waals surface area contributed by atoms with Crippen LogP contribution in [0.1, 0.15) is 19.8 Å². The Labute approximate surface area is 103 Å². The molecule has 2 heterocycles. The van der Waals surface area contributed by atoms with Crippen LogP contribution in [0, 0.1) is 0 Å². The van der Waals surface area contributed by atoms with E-state index in [1.165, 1.54) is 0 Å². The first-order chi connectivity index (χ1) is 8.02. The van der Waals surface area contributed by atoms with Crippen molar-refractivity contribution in [2.24, 2.45) is 0 Å². The Balaban J connectivity index is 1.98. The highest BCUT2D eigenvalue weighted by Crippen LogP contribution is 2.22. The molecular weight excluding hydrogens is 240 g/mol. The molecule has 2 rings (SSSR count). The van der Waals surface area contributed by atoms with Gasteiger partial charge in [0.05, 0.1) is 23.7 Å². The minimum atomic E-state index is -3.04. The Morgan fingerprint density at radius 1 is 1.41 bits per heavy atom. The van der Waals surface area contributed by atoms with Crippen LogP contribution in [-0.2, 0) is 9.84 Å². The lowest BCUT2D eigenvalue weighted by atomic mass is 10.0. The number of hydrogen-bond donors (Lipinski definition) is 2. The van der Waals surface area contributed by atoms with Crippen LogP contribution < -0.4 is 5.32 Å². The van der Waals surface area contributed by atoms with Gasteiger partial charge in [-0.15, -0.1) is 0 Å². The average Bonchev–Trinajstić information content (AvgIpc) is 2.53. The fraction of sp³-hybridized carbons (Fsp3) is 1.00. The van der Waals surface area contributed by atoms with E-state index in [0.29, 0.717) is 6.04 Å². The number of rotatable bonds is 3. The van der Waals surface area contributed by atoms with Gasteiger partial charge in [0.15, 0.2) is 9.84 Å². The van der Waals surface area contributed by atoms with E-state index < -0.39 is 15.9 Å². The molecule has 3 atom stereocenters. The molecule has 3 unspecified atom stereocenters. The quantitative estimate of drug-likeness (QED) is 0.698. The third kappa shape index (κ3) is 3.19. The molecule has 0 aliphatic carbocycles. The van der Waals surface area contributed by atoms with Crippen LogP contribution in [0.3, 0.4) is 0 Å². The zero-order chi connectivity index (χ0) is 12.5. The van der Waals surface area contributed by atoms with Gasteiger partial charge in [0.1, 0.15) is 0 Å². The van der Waals surface area contributed by atoms with Gasteiger partial charge in [0.25, 0.3) is 0 Å². The summed E-state index contributed by atoms with van der Waals surface area (Å²) < 4.78 is 23.0.